The van der Waals surface area contributed by atoms with Crippen LogP contribution in [-0.4, -0.2) is 49.5 Å². The summed E-state index contributed by atoms with van der Waals surface area (Å²) < 4.78 is 23.2. The van der Waals surface area contributed by atoms with Crippen LogP contribution in [0.15, 0.2) is 35.4 Å². The molecule has 0 radical (unpaired) electrons. The topological polar surface area (TPSA) is 126 Å². The van der Waals surface area contributed by atoms with Crippen molar-refractivity contribution in [3.05, 3.63) is 41.7 Å². The molecule has 0 atom stereocenters. The number of hydrogen-bond donors (Lipinski definition) is 3. The van der Waals surface area contributed by atoms with E-state index >= 15 is 0 Å². The molecule has 11 heteroatoms. The van der Waals surface area contributed by atoms with Crippen LogP contribution in [0.1, 0.15) is 11.3 Å². The van der Waals surface area contributed by atoms with Crippen LogP contribution >= 0.6 is 11.3 Å². The Hall–Kier alpha value is -2.60. The Morgan fingerprint density at radius 2 is 2.00 bits per heavy atom. The number of thiazole rings is 1. The number of nitrogens with zero attached hydrogens (tertiary/aromatic N) is 4. The Morgan fingerprint density at radius 1 is 1.17 bits per heavy atom. The van der Waals surface area contributed by atoms with Crippen molar-refractivity contribution in [1.82, 2.24) is 20.3 Å². The molecule has 1 fully saturated rings. The summed E-state index contributed by atoms with van der Waals surface area (Å²) in [6, 6.07) is 6.30. The van der Waals surface area contributed by atoms with Crippen LogP contribution in [0, 0.1) is 0 Å². The van der Waals surface area contributed by atoms with Gasteiger partial charge in [0.05, 0.1) is 21.2 Å². The van der Waals surface area contributed by atoms with E-state index in [9.17, 15) is 8.42 Å². The summed E-state index contributed by atoms with van der Waals surface area (Å²) in [6.07, 6.45) is 3.58. The standard InChI is InChI=1S/C19H21N7O2S2/c20-30(27,28)14-3-1-2-13(10-14)23-18-22-11-12-4-5-15-17(16(12)25-18)29-19(24-15)26-8-6-21-7-9-26/h1-3,10-11,21H,4-9H2,(H2,20,27,28)(H,22,23,25). The quantitative estimate of drug-likeness (QED) is 0.554. The molecule has 1 aromatic carbocycles. The van der Waals surface area contributed by atoms with Crippen molar-refractivity contribution >= 4 is 38.1 Å². The van der Waals surface area contributed by atoms with E-state index in [-0.39, 0.29) is 4.90 Å². The van der Waals surface area contributed by atoms with Gasteiger partial charge >= 0.3 is 0 Å². The highest BCUT2D eigenvalue weighted by Crippen LogP contribution is 2.40. The van der Waals surface area contributed by atoms with Crippen molar-refractivity contribution in [2.24, 2.45) is 5.14 Å². The second kappa shape index (κ2) is 7.58. The van der Waals surface area contributed by atoms with E-state index in [0.29, 0.717) is 11.6 Å². The van der Waals surface area contributed by atoms with Crippen LogP contribution in [-0.2, 0) is 22.9 Å². The van der Waals surface area contributed by atoms with Gasteiger partial charge < -0.3 is 15.5 Å². The van der Waals surface area contributed by atoms with E-state index in [0.717, 1.165) is 66.0 Å². The van der Waals surface area contributed by atoms with Crippen molar-refractivity contribution in [1.29, 1.82) is 0 Å². The molecule has 0 saturated carbocycles. The first-order chi connectivity index (χ1) is 14.5. The number of aryl methyl sites for hydroxylation is 2. The summed E-state index contributed by atoms with van der Waals surface area (Å²) in [6.45, 7) is 3.84. The molecule has 4 N–H and O–H groups in total. The van der Waals surface area contributed by atoms with E-state index in [1.807, 2.05) is 6.20 Å². The Morgan fingerprint density at radius 3 is 2.80 bits per heavy atom. The first-order valence-electron chi connectivity index (χ1n) is 9.69. The number of aromatic nitrogens is 3. The van der Waals surface area contributed by atoms with Gasteiger partial charge in [-0.2, -0.15) is 0 Å². The van der Waals surface area contributed by atoms with Crippen molar-refractivity contribution in [3.63, 3.8) is 0 Å². The number of anilines is 3. The molecular formula is C19H21N7O2S2. The van der Waals surface area contributed by atoms with Gasteiger partial charge in [-0.15, -0.1) is 0 Å². The number of fused-ring (bicyclic) bond motifs is 3. The molecule has 156 valence electrons. The van der Waals surface area contributed by atoms with Gasteiger partial charge in [-0.3, -0.25) is 0 Å². The molecule has 1 aliphatic carbocycles. The SMILES string of the molecule is NS(=O)(=O)c1cccc(Nc2ncc3c(n2)-c2sc(N4CCNCC4)nc2CC3)c1. The highest BCUT2D eigenvalue weighted by Gasteiger charge is 2.25. The monoisotopic (exact) mass is 443 g/mol. The molecule has 3 heterocycles. The number of piperazine rings is 1. The Bertz CT molecular complexity index is 1200. The van der Waals surface area contributed by atoms with E-state index in [2.05, 4.69) is 20.5 Å². The minimum atomic E-state index is -3.78. The summed E-state index contributed by atoms with van der Waals surface area (Å²) in [5.74, 6) is 0.408. The summed E-state index contributed by atoms with van der Waals surface area (Å²) in [4.78, 5) is 17.5. The number of sulfonamides is 1. The van der Waals surface area contributed by atoms with Gasteiger partial charge in [-0.1, -0.05) is 17.4 Å². The zero-order chi connectivity index (χ0) is 20.7. The smallest absolute Gasteiger partial charge is 0.238 e. The fraction of sp³-hybridized carbons (Fsp3) is 0.316. The van der Waals surface area contributed by atoms with Crippen molar-refractivity contribution in [2.75, 3.05) is 36.4 Å². The number of rotatable bonds is 4. The van der Waals surface area contributed by atoms with Gasteiger partial charge in [-0.05, 0) is 36.6 Å². The third-order valence-corrected chi connectivity index (χ3v) is 7.28. The first-order valence-corrected chi connectivity index (χ1v) is 12.1. The summed E-state index contributed by atoms with van der Waals surface area (Å²) in [5.41, 5.74) is 3.64. The van der Waals surface area contributed by atoms with Crippen molar-refractivity contribution in [2.45, 2.75) is 17.7 Å². The van der Waals surface area contributed by atoms with Crippen LogP contribution < -0.4 is 20.7 Å². The van der Waals surface area contributed by atoms with Crippen molar-refractivity contribution < 1.29 is 8.42 Å². The fourth-order valence-corrected chi connectivity index (χ4v) is 5.41. The van der Waals surface area contributed by atoms with Gasteiger partial charge in [0.25, 0.3) is 0 Å². The average molecular weight is 444 g/mol. The maximum atomic E-state index is 11.6. The largest absolute Gasteiger partial charge is 0.346 e. The number of benzene rings is 1. The molecule has 0 amide bonds. The summed E-state index contributed by atoms with van der Waals surface area (Å²) >= 11 is 1.68. The fourth-order valence-electron chi connectivity index (χ4n) is 3.66. The van der Waals surface area contributed by atoms with Gasteiger partial charge in [0.2, 0.25) is 16.0 Å². The van der Waals surface area contributed by atoms with Crippen LogP contribution in [0.2, 0.25) is 0 Å². The third-order valence-electron chi connectivity index (χ3n) is 5.20. The number of nitrogens with two attached hydrogens (primary N) is 1. The normalized spacial score (nSPS) is 16.1. The first kappa shape index (κ1) is 19.4. The highest BCUT2D eigenvalue weighted by molar-refractivity contribution is 7.89. The lowest BCUT2D eigenvalue weighted by Gasteiger charge is -2.26. The van der Waals surface area contributed by atoms with Crippen LogP contribution in [0.25, 0.3) is 10.6 Å². The zero-order valence-corrected chi connectivity index (χ0v) is 17.8. The molecule has 5 rings (SSSR count). The van der Waals surface area contributed by atoms with Crippen LogP contribution in [0.5, 0.6) is 0 Å². The molecule has 2 aromatic heterocycles. The molecule has 30 heavy (non-hydrogen) atoms. The third kappa shape index (κ3) is 3.76. The number of hydrogen-bond acceptors (Lipinski definition) is 9. The molecule has 3 aromatic rings. The lowest BCUT2D eigenvalue weighted by molar-refractivity contribution is 0.588. The molecule has 1 aliphatic heterocycles. The highest BCUT2D eigenvalue weighted by atomic mass is 32.2. The van der Waals surface area contributed by atoms with E-state index < -0.39 is 10.0 Å². The van der Waals surface area contributed by atoms with Crippen molar-refractivity contribution in [3.8, 4) is 10.6 Å². The lowest BCUT2D eigenvalue weighted by atomic mass is 10.00. The maximum absolute atomic E-state index is 11.6. The maximum Gasteiger partial charge on any atom is 0.238 e. The molecule has 9 nitrogen and oxygen atoms in total. The van der Waals surface area contributed by atoms with Gasteiger partial charge in [0.1, 0.15) is 0 Å². The molecule has 2 aliphatic rings. The zero-order valence-electron chi connectivity index (χ0n) is 16.1. The average Bonchev–Trinajstić information content (AvgIpc) is 3.19. The van der Waals surface area contributed by atoms with Crippen LogP contribution in [0.3, 0.4) is 0 Å². The van der Waals surface area contributed by atoms with Gasteiger partial charge in [0.15, 0.2) is 5.13 Å². The molecular weight excluding hydrogens is 422 g/mol. The van der Waals surface area contributed by atoms with Gasteiger partial charge in [0, 0.05) is 38.1 Å². The van der Waals surface area contributed by atoms with E-state index in [1.54, 1.807) is 23.5 Å². The predicted octanol–water partition coefficient (Wildman–Crippen LogP) is 1.50. The predicted molar refractivity (Wildman–Crippen MR) is 117 cm³/mol. The van der Waals surface area contributed by atoms with Gasteiger partial charge in [-0.25, -0.2) is 28.5 Å². The second-order valence-corrected chi connectivity index (χ2v) is 9.81. The molecule has 1 saturated heterocycles. The number of nitrogens with one attached hydrogen (secondary N) is 2. The Kier molecular flexibility index (Phi) is 4.89. The summed E-state index contributed by atoms with van der Waals surface area (Å²) in [7, 11) is -3.78. The van der Waals surface area contributed by atoms with E-state index in [1.165, 1.54) is 12.1 Å². The lowest BCUT2D eigenvalue weighted by Crippen LogP contribution is -2.43. The Balaban J connectivity index is 1.45. The minimum absolute atomic E-state index is 0.0378. The summed E-state index contributed by atoms with van der Waals surface area (Å²) in [5, 5.41) is 12.7. The van der Waals surface area contributed by atoms with Crippen LogP contribution in [0.4, 0.5) is 16.8 Å². The Labute approximate surface area is 178 Å². The second-order valence-electron chi connectivity index (χ2n) is 7.27. The molecule has 0 bridgehead atoms. The minimum Gasteiger partial charge on any atom is -0.346 e. The number of primary sulfonamides is 1. The molecule has 0 spiro atoms. The van der Waals surface area contributed by atoms with E-state index in [4.69, 9.17) is 15.1 Å². The molecule has 0 unspecified atom stereocenters.